The highest BCUT2D eigenvalue weighted by Crippen LogP contribution is 2.23. The number of nitrogens with one attached hydrogen (secondary N) is 2. The molecule has 0 radical (unpaired) electrons. The number of nitrogens with zero attached hydrogens (tertiary/aromatic N) is 3. The maximum absolute atomic E-state index is 12.3. The van der Waals surface area contributed by atoms with E-state index in [-0.39, 0.29) is 5.91 Å². The predicted molar refractivity (Wildman–Crippen MR) is 115 cm³/mol. The van der Waals surface area contributed by atoms with Crippen LogP contribution in [0.4, 0.5) is 17.1 Å². The quantitative estimate of drug-likeness (QED) is 0.665. The van der Waals surface area contributed by atoms with Crippen LogP contribution >= 0.6 is 0 Å². The Balaban J connectivity index is 1.32. The molecule has 1 aliphatic heterocycles. The summed E-state index contributed by atoms with van der Waals surface area (Å²) in [6, 6.07) is 15.8. The van der Waals surface area contributed by atoms with Gasteiger partial charge < -0.3 is 15.5 Å². The highest BCUT2D eigenvalue weighted by atomic mass is 16.1. The first-order valence-electron chi connectivity index (χ1n) is 10.0. The molecule has 29 heavy (non-hydrogen) atoms. The molecule has 0 saturated carbocycles. The third-order valence-electron chi connectivity index (χ3n) is 5.05. The third kappa shape index (κ3) is 5.10. The van der Waals surface area contributed by atoms with E-state index in [1.807, 2.05) is 18.2 Å². The molecule has 0 aliphatic carbocycles. The van der Waals surface area contributed by atoms with Crippen molar-refractivity contribution in [2.45, 2.75) is 25.8 Å². The Hall–Kier alpha value is -3.41. The Morgan fingerprint density at radius 3 is 2.41 bits per heavy atom. The minimum Gasteiger partial charge on any atom is -0.372 e. The van der Waals surface area contributed by atoms with Crippen LogP contribution in [0.5, 0.6) is 0 Å². The van der Waals surface area contributed by atoms with Gasteiger partial charge in [0.15, 0.2) is 0 Å². The van der Waals surface area contributed by atoms with Gasteiger partial charge in [0.25, 0.3) is 5.91 Å². The van der Waals surface area contributed by atoms with Crippen molar-refractivity contribution in [3.8, 4) is 0 Å². The number of benzene rings is 1. The highest BCUT2D eigenvalue weighted by Gasteiger charge is 2.11. The van der Waals surface area contributed by atoms with E-state index in [0.717, 1.165) is 30.0 Å². The number of piperidine rings is 1. The molecule has 1 aliphatic rings. The van der Waals surface area contributed by atoms with Crippen LogP contribution in [-0.4, -0.2) is 29.0 Å². The number of amides is 1. The van der Waals surface area contributed by atoms with Gasteiger partial charge in [-0.15, -0.1) is 0 Å². The summed E-state index contributed by atoms with van der Waals surface area (Å²) >= 11 is 0. The van der Waals surface area contributed by atoms with Crippen molar-refractivity contribution in [1.29, 1.82) is 0 Å². The van der Waals surface area contributed by atoms with Crippen molar-refractivity contribution in [3.63, 3.8) is 0 Å². The molecule has 2 N–H and O–H groups in total. The molecule has 6 heteroatoms. The minimum atomic E-state index is -0.203. The number of aromatic nitrogens is 2. The van der Waals surface area contributed by atoms with Gasteiger partial charge >= 0.3 is 0 Å². The molecule has 6 nitrogen and oxygen atoms in total. The summed E-state index contributed by atoms with van der Waals surface area (Å²) in [5, 5.41) is 6.19. The summed E-state index contributed by atoms with van der Waals surface area (Å²) in [4.78, 5) is 23.0. The number of anilines is 3. The lowest BCUT2D eigenvalue weighted by atomic mass is 10.1. The van der Waals surface area contributed by atoms with Crippen molar-refractivity contribution in [2.24, 2.45) is 0 Å². The lowest BCUT2D eigenvalue weighted by Gasteiger charge is -2.28. The number of carbonyl (C=O) groups excluding carboxylic acids is 1. The summed E-state index contributed by atoms with van der Waals surface area (Å²) < 4.78 is 0. The van der Waals surface area contributed by atoms with Gasteiger partial charge in [-0.25, -0.2) is 4.98 Å². The van der Waals surface area contributed by atoms with E-state index in [0.29, 0.717) is 12.2 Å². The second-order valence-corrected chi connectivity index (χ2v) is 7.20. The Kier molecular flexibility index (Phi) is 6.00. The molecule has 0 atom stereocenters. The first kappa shape index (κ1) is 18.9. The van der Waals surface area contributed by atoms with Crippen molar-refractivity contribution >= 4 is 23.0 Å². The third-order valence-corrected chi connectivity index (χ3v) is 5.05. The Labute approximate surface area is 171 Å². The zero-order chi connectivity index (χ0) is 19.9. The molecule has 4 rings (SSSR count). The SMILES string of the molecule is O=C(NCc1cccnc1)c1ccc(Nc2ccc(N3CCCCC3)cc2)cn1. The van der Waals surface area contributed by atoms with Gasteiger partial charge in [-0.1, -0.05) is 6.07 Å². The lowest BCUT2D eigenvalue weighted by Crippen LogP contribution is -2.29. The highest BCUT2D eigenvalue weighted by molar-refractivity contribution is 5.92. The van der Waals surface area contributed by atoms with Crippen molar-refractivity contribution < 1.29 is 4.79 Å². The zero-order valence-electron chi connectivity index (χ0n) is 16.3. The first-order valence-corrected chi connectivity index (χ1v) is 10.0. The predicted octanol–water partition coefficient (Wildman–Crippen LogP) is 4.14. The fourth-order valence-corrected chi connectivity index (χ4v) is 3.45. The van der Waals surface area contributed by atoms with E-state index in [9.17, 15) is 4.79 Å². The van der Waals surface area contributed by atoms with Gasteiger partial charge in [-0.2, -0.15) is 0 Å². The number of hydrogen-bond acceptors (Lipinski definition) is 5. The van der Waals surface area contributed by atoms with Gasteiger partial charge in [0.2, 0.25) is 0 Å². The van der Waals surface area contributed by atoms with Crippen molar-refractivity contribution in [1.82, 2.24) is 15.3 Å². The molecular formula is C23H25N5O. The van der Waals surface area contributed by atoms with Crippen LogP contribution in [0.15, 0.2) is 67.1 Å². The number of hydrogen-bond donors (Lipinski definition) is 2. The molecule has 0 unspecified atom stereocenters. The van der Waals surface area contributed by atoms with Crippen LogP contribution in [0.2, 0.25) is 0 Å². The maximum Gasteiger partial charge on any atom is 0.270 e. The largest absolute Gasteiger partial charge is 0.372 e. The molecule has 1 fully saturated rings. The van der Waals surface area contributed by atoms with Gasteiger partial charge in [-0.3, -0.25) is 9.78 Å². The molecular weight excluding hydrogens is 362 g/mol. The topological polar surface area (TPSA) is 70.2 Å². The molecule has 148 valence electrons. The van der Waals surface area contributed by atoms with E-state index < -0.39 is 0 Å². The van der Waals surface area contributed by atoms with E-state index in [1.165, 1.54) is 24.9 Å². The smallest absolute Gasteiger partial charge is 0.270 e. The number of rotatable bonds is 6. The summed E-state index contributed by atoms with van der Waals surface area (Å²) in [6.07, 6.45) is 9.00. The van der Waals surface area contributed by atoms with E-state index in [4.69, 9.17) is 0 Å². The number of carbonyl (C=O) groups is 1. The van der Waals surface area contributed by atoms with E-state index >= 15 is 0 Å². The van der Waals surface area contributed by atoms with Gasteiger partial charge in [0.1, 0.15) is 5.69 Å². The summed E-state index contributed by atoms with van der Waals surface area (Å²) in [7, 11) is 0. The Bertz CT molecular complexity index is 920. The molecule has 1 aromatic carbocycles. The maximum atomic E-state index is 12.3. The molecule has 2 aromatic heterocycles. The van der Waals surface area contributed by atoms with Crippen LogP contribution in [0.1, 0.15) is 35.3 Å². The van der Waals surface area contributed by atoms with Crippen molar-refractivity contribution in [2.75, 3.05) is 23.3 Å². The molecule has 1 saturated heterocycles. The fraction of sp³-hybridized carbons (Fsp3) is 0.261. The Morgan fingerprint density at radius 1 is 0.931 bits per heavy atom. The van der Waals surface area contributed by atoms with Crippen LogP contribution in [0, 0.1) is 0 Å². The summed E-state index contributed by atoms with van der Waals surface area (Å²) in [5.74, 6) is -0.203. The second-order valence-electron chi connectivity index (χ2n) is 7.20. The fourth-order valence-electron chi connectivity index (χ4n) is 3.45. The van der Waals surface area contributed by atoms with E-state index in [1.54, 1.807) is 24.7 Å². The monoisotopic (exact) mass is 387 g/mol. The lowest BCUT2D eigenvalue weighted by molar-refractivity contribution is 0.0946. The summed E-state index contributed by atoms with van der Waals surface area (Å²) in [6.45, 7) is 2.71. The molecule has 0 bridgehead atoms. The van der Waals surface area contributed by atoms with Crippen LogP contribution < -0.4 is 15.5 Å². The Morgan fingerprint density at radius 2 is 1.72 bits per heavy atom. The molecule has 1 amide bonds. The summed E-state index contributed by atoms with van der Waals surface area (Å²) in [5.41, 5.74) is 4.46. The number of pyridine rings is 2. The first-order chi connectivity index (χ1) is 14.3. The average Bonchev–Trinajstić information content (AvgIpc) is 2.80. The molecule has 3 aromatic rings. The normalized spacial score (nSPS) is 13.7. The van der Waals surface area contributed by atoms with Crippen LogP contribution in [0.25, 0.3) is 0 Å². The van der Waals surface area contributed by atoms with Crippen LogP contribution in [-0.2, 0) is 6.54 Å². The van der Waals surface area contributed by atoms with Crippen LogP contribution in [0.3, 0.4) is 0 Å². The molecule has 0 spiro atoms. The van der Waals surface area contributed by atoms with Gasteiger partial charge in [0, 0.05) is 43.4 Å². The average molecular weight is 387 g/mol. The minimum absolute atomic E-state index is 0.203. The van der Waals surface area contributed by atoms with E-state index in [2.05, 4.69) is 49.8 Å². The van der Waals surface area contributed by atoms with Gasteiger partial charge in [0.05, 0.1) is 11.9 Å². The molecule has 3 heterocycles. The standard InChI is InChI=1S/C23H25N5O/c29-23(26-16-18-5-4-12-24-15-18)22-11-8-20(17-25-22)27-19-6-9-21(10-7-19)28-13-2-1-3-14-28/h4-12,15,17,27H,1-3,13-14,16H2,(H,26,29). The zero-order valence-corrected chi connectivity index (χ0v) is 16.3. The van der Waals surface area contributed by atoms with Crippen molar-refractivity contribution in [3.05, 3.63) is 78.4 Å². The second kappa shape index (κ2) is 9.19. The van der Waals surface area contributed by atoms with Gasteiger partial charge in [-0.05, 0) is 67.3 Å².